The van der Waals surface area contributed by atoms with Gasteiger partial charge in [-0.3, -0.25) is 4.79 Å². The van der Waals surface area contributed by atoms with Crippen LogP contribution in [0.2, 0.25) is 0 Å². The maximum Gasteiger partial charge on any atom is 0.407 e. The molecule has 7 nitrogen and oxygen atoms in total. The van der Waals surface area contributed by atoms with Gasteiger partial charge in [-0.2, -0.15) is 0 Å². The zero-order valence-corrected chi connectivity index (χ0v) is 20.3. The number of alkyl carbamates (subject to hydrolysis) is 1. The van der Waals surface area contributed by atoms with Crippen LogP contribution in [0.1, 0.15) is 56.6 Å². The number of carbonyl (C=O) groups excluding carboxylic acids is 2. The minimum Gasteiger partial charge on any atom is -0.480 e. The Morgan fingerprint density at radius 3 is 2.17 bits per heavy atom. The second-order valence-corrected chi connectivity index (χ2v) is 9.93. The lowest BCUT2D eigenvalue weighted by atomic mass is 9.78. The van der Waals surface area contributed by atoms with Crippen molar-refractivity contribution in [3.63, 3.8) is 0 Å². The van der Waals surface area contributed by atoms with E-state index in [0.29, 0.717) is 13.0 Å². The number of fused-ring (bicyclic) bond motifs is 3. The molecule has 2 aliphatic rings. The number of carboxylic acids is 1. The number of hydrogen-bond donors (Lipinski definition) is 3. The molecule has 1 unspecified atom stereocenters. The van der Waals surface area contributed by atoms with Gasteiger partial charge in [0.1, 0.15) is 12.6 Å². The molecule has 1 fully saturated rings. The molecule has 2 aromatic carbocycles. The number of rotatable bonds is 8. The normalized spacial score (nSPS) is 20.0. The molecule has 3 atom stereocenters. The van der Waals surface area contributed by atoms with E-state index >= 15 is 0 Å². The minimum absolute atomic E-state index is 0.00894. The van der Waals surface area contributed by atoms with Crippen molar-refractivity contribution in [2.24, 2.45) is 17.8 Å². The molecule has 7 heteroatoms. The van der Waals surface area contributed by atoms with Crippen LogP contribution in [0.15, 0.2) is 48.5 Å². The Morgan fingerprint density at radius 2 is 1.57 bits per heavy atom. The predicted octanol–water partition coefficient (Wildman–Crippen LogP) is 4.56. The lowest BCUT2D eigenvalue weighted by Gasteiger charge is -2.32. The third-order valence-corrected chi connectivity index (χ3v) is 7.33. The second kappa shape index (κ2) is 10.9. The molecule has 4 rings (SSSR count). The topological polar surface area (TPSA) is 105 Å². The number of carboxylic acid groups (broad SMARTS) is 1. The summed E-state index contributed by atoms with van der Waals surface area (Å²) in [6, 6.07) is 15.5. The SMILES string of the molecule is CC(C)C(NC(=O)[C@@H]1CCCC[C@@H]1CNC(=O)OCC1c2ccccc2-c2ccccc21)C(=O)O. The first-order valence-corrected chi connectivity index (χ1v) is 12.5. The lowest BCUT2D eigenvalue weighted by molar-refractivity contribution is -0.144. The smallest absolute Gasteiger partial charge is 0.407 e. The average Bonchev–Trinajstić information content (AvgIpc) is 3.18. The van der Waals surface area contributed by atoms with Gasteiger partial charge in [0.15, 0.2) is 0 Å². The first-order chi connectivity index (χ1) is 16.9. The van der Waals surface area contributed by atoms with Crippen LogP contribution in [-0.2, 0) is 14.3 Å². The molecule has 2 aliphatic carbocycles. The molecule has 2 aromatic rings. The Bertz CT molecular complexity index is 1040. The van der Waals surface area contributed by atoms with Gasteiger partial charge in [0.25, 0.3) is 0 Å². The fourth-order valence-electron chi connectivity index (χ4n) is 5.43. The van der Waals surface area contributed by atoms with E-state index in [9.17, 15) is 19.5 Å². The zero-order chi connectivity index (χ0) is 24.9. The summed E-state index contributed by atoms with van der Waals surface area (Å²) in [7, 11) is 0. The summed E-state index contributed by atoms with van der Waals surface area (Å²) >= 11 is 0. The molecule has 0 saturated heterocycles. The number of amides is 2. The summed E-state index contributed by atoms with van der Waals surface area (Å²) in [6.07, 6.45) is 2.89. The maximum absolute atomic E-state index is 12.9. The van der Waals surface area contributed by atoms with Crippen LogP contribution in [-0.4, -0.2) is 42.3 Å². The molecule has 0 bridgehead atoms. The molecular weight excluding hydrogens is 444 g/mol. The standard InChI is InChI=1S/C28H34N2O5/c1-17(2)25(27(32)33)30-26(31)19-10-4-3-9-18(19)15-29-28(34)35-16-24-22-13-7-5-11-20(22)21-12-6-8-14-23(21)24/h5-8,11-14,17-19,24-25H,3-4,9-10,15-16H2,1-2H3,(H,29,34)(H,30,31)(H,32,33)/t18-,19-,25?/m1/s1. The molecule has 2 amide bonds. The van der Waals surface area contributed by atoms with Crippen LogP contribution in [0, 0.1) is 17.8 Å². The fraction of sp³-hybridized carbons (Fsp3) is 0.464. The molecule has 0 aromatic heterocycles. The van der Waals surface area contributed by atoms with Gasteiger partial charge in [0.05, 0.1) is 0 Å². The number of hydrogen-bond acceptors (Lipinski definition) is 4. The van der Waals surface area contributed by atoms with E-state index in [0.717, 1.165) is 30.4 Å². The molecule has 3 N–H and O–H groups in total. The van der Waals surface area contributed by atoms with Crippen molar-refractivity contribution >= 4 is 18.0 Å². The highest BCUT2D eigenvalue weighted by Gasteiger charge is 2.34. The fourth-order valence-corrected chi connectivity index (χ4v) is 5.43. The molecule has 1 saturated carbocycles. The van der Waals surface area contributed by atoms with Crippen molar-refractivity contribution < 1.29 is 24.2 Å². The van der Waals surface area contributed by atoms with Gasteiger partial charge >= 0.3 is 12.1 Å². The molecule has 186 valence electrons. The van der Waals surface area contributed by atoms with Crippen LogP contribution in [0.3, 0.4) is 0 Å². The summed E-state index contributed by atoms with van der Waals surface area (Å²) in [5.74, 6) is -1.87. The van der Waals surface area contributed by atoms with Gasteiger partial charge in [-0.1, -0.05) is 75.2 Å². The third kappa shape index (κ3) is 5.50. The second-order valence-electron chi connectivity index (χ2n) is 9.93. The first kappa shape index (κ1) is 24.8. The van der Waals surface area contributed by atoms with Crippen LogP contribution in [0.4, 0.5) is 4.79 Å². The van der Waals surface area contributed by atoms with Gasteiger partial charge in [-0.25, -0.2) is 9.59 Å². The van der Waals surface area contributed by atoms with Crippen LogP contribution < -0.4 is 10.6 Å². The van der Waals surface area contributed by atoms with E-state index in [1.807, 2.05) is 24.3 Å². The Labute approximate surface area is 206 Å². The monoisotopic (exact) mass is 478 g/mol. The van der Waals surface area contributed by atoms with Crippen LogP contribution in [0.5, 0.6) is 0 Å². The Balaban J connectivity index is 1.33. The highest BCUT2D eigenvalue weighted by Crippen LogP contribution is 2.44. The van der Waals surface area contributed by atoms with Crippen LogP contribution in [0.25, 0.3) is 11.1 Å². The van der Waals surface area contributed by atoms with E-state index in [-0.39, 0.29) is 36.2 Å². The quantitative estimate of drug-likeness (QED) is 0.516. The Hall–Kier alpha value is -3.35. The number of aliphatic carboxylic acids is 1. The zero-order valence-electron chi connectivity index (χ0n) is 20.3. The maximum atomic E-state index is 12.9. The van der Waals surface area contributed by atoms with Crippen molar-refractivity contribution in [1.82, 2.24) is 10.6 Å². The molecule has 35 heavy (non-hydrogen) atoms. The van der Waals surface area contributed by atoms with E-state index < -0.39 is 18.1 Å². The van der Waals surface area contributed by atoms with Gasteiger partial charge in [0.2, 0.25) is 5.91 Å². The number of ether oxygens (including phenoxy) is 1. The Morgan fingerprint density at radius 1 is 0.971 bits per heavy atom. The summed E-state index contributed by atoms with van der Waals surface area (Å²) < 4.78 is 5.63. The largest absolute Gasteiger partial charge is 0.480 e. The molecule has 0 aliphatic heterocycles. The van der Waals surface area contributed by atoms with Gasteiger partial charge in [-0.15, -0.1) is 0 Å². The van der Waals surface area contributed by atoms with Gasteiger partial charge in [0, 0.05) is 18.4 Å². The number of nitrogens with one attached hydrogen (secondary N) is 2. The van der Waals surface area contributed by atoms with E-state index in [2.05, 4.69) is 34.9 Å². The van der Waals surface area contributed by atoms with E-state index in [1.165, 1.54) is 11.1 Å². The van der Waals surface area contributed by atoms with Crippen molar-refractivity contribution in [3.05, 3.63) is 59.7 Å². The molecule has 0 heterocycles. The molecule has 0 radical (unpaired) electrons. The first-order valence-electron chi connectivity index (χ1n) is 12.5. The summed E-state index contributed by atoms with van der Waals surface area (Å²) in [4.78, 5) is 37.0. The average molecular weight is 479 g/mol. The van der Waals surface area contributed by atoms with E-state index in [4.69, 9.17) is 4.74 Å². The van der Waals surface area contributed by atoms with Crippen molar-refractivity contribution in [3.8, 4) is 11.1 Å². The minimum atomic E-state index is -1.03. The molecule has 0 spiro atoms. The third-order valence-electron chi connectivity index (χ3n) is 7.33. The van der Waals surface area contributed by atoms with Crippen molar-refractivity contribution in [2.75, 3.05) is 13.2 Å². The lowest BCUT2D eigenvalue weighted by Crippen LogP contribution is -2.49. The van der Waals surface area contributed by atoms with Gasteiger partial charge in [-0.05, 0) is 46.9 Å². The van der Waals surface area contributed by atoms with Gasteiger partial charge < -0.3 is 20.5 Å². The number of carbonyl (C=O) groups is 3. The van der Waals surface area contributed by atoms with Crippen molar-refractivity contribution in [1.29, 1.82) is 0 Å². The highest BCUT2D eigenvalue weighted by molar-refractivity contribution is 5.85. The summed E-state index contributed by atoms with van der Waals surface area (Å²) in [5, 5.41) is 15.0. The molecular formula is C28H34N2O5. The summed E-state index contributed by atoms with van der Waals surface area (Å²) in [6.45, 7) is 4.11. The highest BCUT2D eigenvalue weighted by atomic mass is 16.5. The number of benzene rings is 2. The van der Waals surface area contributed by atoms with Crippen molar-refractivity contribution in [2.45, 2.75) is 51.5 Å². The van der Waals surface area contributed by atoms with E-state index in [1.54, 1.807) is 13.8 Å². The predicted molar refractivity (Wildman–Crippen MR) is 133 cm³/mol. The summed E-state index contributed by atoms with van der Waals surface area (Å²) in [5.41, 5.74) is 4.66. The Kier molecular flexibility index (Phi) is 7.73. The van der Waals surface area contributed by atoms with Crippen LogP contribution >= 0.6 is 0 Å².